The summed E-state index contributed by atoms with van der Waals surface area (Å²) < 4.78 is 0. The Kier molecular flexibility index (Phi) is 6.23. The van der Waals surface area contributed by atoms with Crippen LogP contribution in [0.2, 0.25) is 0 Å². The largest absolute Gasteiger partial charge is 0.381 e. The van der Waals surface area contributed by atoms with Crippen LogP contribution in [-0.2, 0) is 0 Å². The first-order chi connectivity index (χ1) is 8.75. The summed E-state index contributed by atoms with van der Waals surface area (Å²) in [4.78, 5) is 0. The third kappa shape index (κ3) is 4.84. The third-order valence-electron chi connectivity index (χ3n) is 3.09. The van der Waals surface area contributed by atoms with Crippen LogP contribution in [0.4, 0.5) is 11.4 Å². The predicted molar refractivity (Wildman–Crippen MR) is 86.3 cm³/mol. The first-order valence-electron chi connectivity index (χ1n) is 6.39. The molecule has 0 saturated heterocycles. The zero-order valence-corrected chi connectivity index (χ0v) is 12.2. The lowest BCUT2D eigenvalue weighted by Gasteiger charge is -2.24. The minimum atomic E-state index is 0. The van der Waals surface area contributed by atoms with E-state index in [1.165, 1.54) is 0 Å². The highest BCUT2D eigenvalue weighted by atomic mass is 35.5. The molecule has 0 spiro atoms. The van der Waals surface area contributed by atoms with Crippen LogP contribution >= 0.6 is 12.4 Å². The van der Waals surface area contributed by atoms with Crippen molar-refractivity contribution in [3.63, 3.8) is 0 Å². The van der Waals surface area contributed by atoms with Crippen molar-refractivity contribution < 1.29 is 0 Å². The maximum absolute atomic E-state index is 3.50. The summed E-state index contributed by atoms with van der Waals surface area (Å²) in [6, 6.07) is 21.3. The second kappa shape index (κ2) is 7.70. The summed E-state index contributed by atoms with van der Waals surface area (Å²) in [5.74, 6) is 0. The van der Waals surface area contributed by atoms with E-state index in [-0.39, 0.29) is 12.4 Å². The fourth-order valence-corrected chi connectivity index (χ4v) is 1.84. The molecule has 0 saturated carbocycles. The molecule has 2 unspecified atom stereocenters. The highest BCUT2D eigenvalue weighted by Crippen LogP contribution is 2.12. The molecule has 0 radical (unpaired) electrons. The van der Waals surface area contributed by atoms with Gasteiger partial charge in [-0.1, -0.05) is 36.4 Å². The Morgan fingerprint density at radius 2 is 0.947 bits per heavy atom. The van der Waals surface area contributed by atoms with Crippen LogP contribution in [0, 0.1) is 0 Å². The highest BCUT2D eigenvalue weighted by molar-refractivity contribution is 5.85. The molecule has 2 rings (SSSR count). The molecule has 3 heteroatoms. The zero-order valence-electron chi connectivity index (χ0n) is 11.3. The second-order valence-corrected chi connectivity index (χ2v) is 4.60. The standard InChI is InChI=1S/C16H20N2.ClH/c1-13(17-15-9-5-3-6-10-15)14(2)18-16-11-7-4-8-12-16;/h3-14,17-18H,1-2H3;1H. The predicted octanol–water partition coefficient (Wildman–Crippen LogP) is 4.41. The molecular weight excluding hydrogens is 256 g/mol. The minimum Gasteiger partial charge on any atom is -0.381 e. The number of benzene rings is 2. The maximum Gasteiger partial charge on any atom is 0.0431 e. The van der Waals surface area contributed by atoms with Gasteiger partial charge in [-0.2, -0.15) is 0 Å². The Morgan fingerprint density at radius 3 is 1.26 bits per heavy atom. The lowest BCUT2D eigenvalue weighted by molar-refractivity contribution is 0.677. The normalized spacial score (nSPS) is 12.9. The van der Waals surface area contributed by atoms with Crippen molar-refractivity contribution in [3.05, 3.63) is 60.7 Å². The lowest BCUT2D eigenvalue weighted by Crippen LogP contribution is -2.34. The molecule has 19 heavy (non-hydrogen) atoms. The number of para-hydroxylation sites is 2. The quantitative estimate of drug-likeness (QED) is 0.845. The van der Waals surface area contributed by atoms with Crippen molar-refractivity contribution in [1.29, 1.82) is 0 Å². The van der Waals surface area contributed by atoms with Gasteiger partial charge in [0, 0.05) is 23.5 Å². The third-order valence-corrected chi connectivity index (χ3v) is 3.09. The van der Waals surface area contributed by atoms with Crippen molar-refractivity contribution >= 4 is 23.8 Å². The highest BCUT2D eigenvalue weighted by Gasteiger charge is 2.11. The lowest BCUT2D eigenvalue weighted by atomic mass is 10.1. The Labute approximate surface area is 121 Å². The number of halogens is 1. The van der Waals surface area contributed by atoms with Gasteiger partial charge in [0.25, 0.3) is 0 Å². The van der Waals surface area contributed by atoms with Gasteiger partial charge in [0.2, 0.25) is 0 Å². The van der Waals surface area contributed by atoms with Gasteiger partial charge in [0.1, 0.15) is 0 Å². The van der Waals surface area contributed by atoms with Gasteiger partial charge >= 0.3 is 0 Å². The molecule has 0 aliphatic heterocycles. The Bertz CT molecular complexity index is 413. The number of hydrogen-bond donors (Lipinski definition) is 2. The first-order valence-corrected chi connectivity index (χ1v) is 6.39. The van der Waals surface area contributed by atoms with E-state index < -0.39 is 0 Å². The summed E-state index contributed by atoms with van der Waals surface area (Å²) in [6.07, 6.45) is 0. The molecule has 0 bridgehead atoms. The van der Waals surface area contributed by atoms with Crippen LogP contribution in [0.5, 0.6) is 0 Å². The average Bonchev–Trinajstić information content (AvgIpc) is 2.41. The van der Waals surface area contributed by atoms with Crippen molar-refractivity contribution in [2.75, 3.05) is 10.6 Å². The molecule has 0 aromatic heterocycles. The van der Waals surface area contributed by atoms with E-state index in [0.717, 1.165) is 11.4 Å². The topological polar surface area (TPSA) is 24.1 Å². The molecule has 2 nitrogen and oxygen atoms in total. The van der Waals surface area contributed by atoms with Gasteiger partial charge in [-0.3, -0.25) is 0 Å². The van der Waals surface area contributed by atoms with E-state index in [4.69, 9.17) is 0 Å². The second-order valence-electron chi connectivity index (χ2n) is 4.60. The fraction of sp³-hybridized carbons (Fsp3) is 0.250. The summed E-state index contributed by atoms with van der Waals surface area (Å²) in [7, 11) is 0. The van der Waals surface area contributed by atoms with Crippen molar-refractivity contribution in [1.82, 2.24) is 0 Å². The molecule has 2 aromatic carbocycles. The van der Waals surface area contributed by atoms with Gasteiger partial charge in [-0.15, -0.1) is 12.4 Å². The summed E-state index contributed by atoms with van der Waals surface area (Å²) in [5.41, 5.74) is 2.32. The maximum atomic E-state index is 3.50. The van der Waals surface area contributed by atoms with E-state index in [9.17, 15) is 0 Å². The van der Waals surface area contributed by atoms with E-state index in [1.807, 2.05) is 36.4 Å². The van der Waals surface area contributed by atoms with Gasteiger partial charge < -0.3 is 10.6 Å². The van der Waals surface area contributed by atoms with E-state index in [1.54, 1.807) is 0 Å². The SMILES string of the molecule is CC(Nc1ccccc1)C(C)Nc1ccccc1.Cl. The van der Waals surface area contributed by atoms with E-state index in [0.29, 0.717) is 12.1 Å². The molecule has 102 valence electrons. The van der Waals surface area contributed by atoms with Crippen LogP contribution < -0.4 is 10.6 Å². The first kappa shape index (κ1) is 15.4. The van der Waals surface area contributed by atoms with Crippen LogP contribution in [0.3, 0.4) is 0 Å². The molecule has 2 aromatic rings. The molecular formula is C16H21ClN2. The molecule has 2 N–H and O–H groups in total. The molecule has 0 amide bonds. The number of nitrogens with one attached hydrogen (secondary N) is 2. The van der Waals surface area contributed by atoms with Crippen LogP contribution in [-0.4, -0.2) is 12.1 Å². The van der Waals surface area contributed by atoms with Crippen LogP contribution in [0.25, 0.3) is 0 Å². The number of anilines is 2. The number of hydrogen-bond acceptors (Lipinski definition) is 2. The van der Waals surface area contributed by atoms with Gasteiger partial charge in [0.15, 0.2) is 0 Å². The zero-order chi connectivity index (χ0) is 12.8. The van der Waals surface area contributed by atoms with E-state index >= 15 is 0 Å². The van der Waals surface area contributed by atoms with Crippen molar-refractivity contribution in [2.45, 2.75) is 25.9 Å². The molecule has 0 aliphatic carbocycles. The fourth-order valence-electron chi connectivity index (χ4n) is 1.84. The van der Waals surface area contributed by atoms with Crippen LogP contribution in [0.15, 0.2) is 60.7 Å². The van der Waals surface area contributed by atoms with E-state index in [2.05, 4.69) is 48.7 Å². The minimum absolute atomic E-state index is 0. The Balaban J connectivity index is 0.00000180. The molecule has 0 fully saturated rings. The number of rotatable bonds is 5. The molecule has 2 atom stereocenters. The molecule has 0 aliphatic rings. The Hall–Kier alpha value is -1.67. The van der Waals surface area contributed by atoms with Crippen molar-refractivity contribution in [3.8, 4) is 0 Å². The average molecular weight is 277 g/mol. The summed E-state index contributed by atoms with van der Waals surface area (Å²) in [5, 5.41) is 7.00. The monoisotopic (exact) mass is 276 g/mol. The smallest absolute Gasteiger partial charge is 0.0431 e. The van der Waals surface area contributed by atoms with Gasteiger partial charge in [-0.05, 0) is 38.1 Å². The Morgan fingerprint density at radius 1 is 0.632 bits per heavy atom. The molecule has 0 heterocycles. The summed E-state index contributed by atoms with van der Waals surface area (Å²) >= 11 is 0. The van der Waals surface area contributed by atoms with Crippen molar-refractivity contribution in [2.24, 2.45) is 0 Å². The van der Waals surface area contributed by atoms with Crippen LogP contribution in [0.1, 0.15) is 13.8 Å². The van der Waals surface area contributed by atoms with Gasteiger partial charge in [-0.25, -0.2) is 0 Å². The van der Waals surface area contributed by atoms with Gasteiger partial charge in [0.05, 0.1) is 0 Å². The summed E-state index contributed by atoms with van der Waals surface area (Å²) in [6.45, 7) is 4.38.